The van der Waals surface area contributed by atoms with E-state index in [2.05, 4.69) is 26.6 Å². The monoisotopic (exact) mass is 585 g/mol. The molecule has 0 aliphatic heterocycles. The van der Waals surface area contributed by atoms with Crippen molar-refractivity contribution in [2.45, 2.75) is 77.3 Å². The molecule has 0 bridgehead atoms. The number of nitrogens with one attached hydrogen (secondary N) is 5. The van der Waals surface area contributed by atoms with Crippen molar-refractivity contribution in [2.24, 2.45) is 5.92 Å². The molecule has 0 saturated carbocycles. The first-order valence-corrected chi connectivity index (χ1v) is 15.1. The molecular formula is C26H44N5O8P. The highest BCUT2D eigenvalue weighted by Gasteiger charge is 2.33. The van der Waals surface area contributed by atoms with Gasteiger partial charge in [-0.05, 0) is 43.6 Å². The predicted octanol–water partition coefficient (Wildman–Crippen LogP) is 1.35. The van der Waals surface area contributed by atoms with Gasteiger partial charge in [-0.2, -0.15) is 0 Å². The van der Waals surface area contributed by atoms with Gasteiger partial charge in [0.25, 0.3) is 0 Å². The summed E-state index contributed by atoms with van der Waals surface area (Å²) in [6, 6.07) is 7.38. The lowest BCUT2D eigenvalue weighted by Crippen LogP contribution is -2.54. The molecule has 1 rings (SSSR count). The maximum absolute atomic E-state index is 13.0. The van der Waals surface area contributed by atoms with Crippen LogP contribution in [0.4, 0.5) is 4.79 Å². The van der Waals surface area contributed by atoms with Gasteiger partial charge in [-0.1, -0.05) is 51.1 Å². The van der Waals surface area contributed by atoms with Gasteiger partial charge in [-0.3, -0.25) is 24.3 Å². The van der Waals surface area contributed by atoms with Crippen LogP contribution < -0.4 is 26.6 Å². The number of rotatable bonds is 18. The summed E-state index contributed by atoms with van der Waals surface area (Å²) >= 11 is 0. The fraction of sp³-hybridized carbons (Fsp3) is 0.615. The van der Waals surface area contributed by atoms with Crippen LogP contribution in [0.2, 0.25) is 0 Å². The highest BCUT2D eigenvalue weighted by atomic mass is 31.2. The third-order valence-corrected chi connectivity index (χ3v) is 7.26. The normalized spacial score (nSPS) is 13.6. The van der Waals surface area contributed by atoms with E-state index in [0.29, 0.717) is 25.8 Å². The number of unbranched alkanes of at least 4 members (excludes halogenated alkanes) is 1. The van der Waals surface area contributed by atoms with Gasteiger partial charge in [0, 0.05) is 13.6 Å². The summed E-state index contributed by atoms with van der Waals surface area (Å²) in [7, 11) is -3.02. The molecule has 0 unspecified atom stereocenters. The van der Waals surface area contributed by atoms with Crippen LogP contribution in [0.25, 0.3) is 0 Å². The van der Waals surface area contributed by atoms with E-state index < -0.39 is 49.3 Å². The van der Waals surface area contributed by atoms with Crippen LogP contribution in [0.1, 0.15) is 58.4 Å². The third-order valence-electron chi connectivity index (χ3n) is 5.94. The zero-order chi connectivity index (χ0) is 30.1. The van der Waals surface area contributed by atoms with Crippen LogP contribution in [0.15, 0.2) is 30.3 Å². The fourth-order valence-corrected chi connectivity index (χ4v) is 4.66. The summed E-state index contributed by atoms with van der Waals surface area (Å²) in [6.45, 7) is 5.52. The number of carbonyl (C=O) groups is 4. The summed E-state index contributed by atoms with van der Waals surface area (Å²) in [4.78, 5) is 68.3. The van der Waals surface area contributed by atoms with Crippen molar-refractivity contribution >= 4 is 31.4 Å². The highest BCUT2D eigenvalue weighted by Crippen LogP contribution is 2.41. The van der Waals surface area contributed by atoms with Crippen molar-refractivity contribution in [1.82, 2.24) is 26.6 Å². The Hall–Kier alpha value is -2.99. The molecule has 0 fully saturated rings. The topological polar surface area (TPSA) is 195 Å². The van der Waals surface area contributed by atoms with Crippen molar-refractivity contribution < 1.29 is 38.3 Å². The maximum Gasteiger partial charge on any atom is 0.407 e. The van der Waals surface area contributed by atoms with Crippen molar-refractivity contribution in [2.75, 3.05) is 20.1 Å². The summed E-state index contributed by atoms with van der Waals surface area (Å²) in [5.74, 6) is -2.44. The number of carbonyl (C=O) groups excluding carboxylic acids is 4. The molecule has 0 aromatic heterocycles. The number of alkyl carbamates (subject to hydrolysis) is 1. The zero-order valence-corrected chi connectivity index (χ0v) is 24.5. The first-order valence-electron chi connectivity index (χ1n) is 13.4. The van der Waals surface area contributed by atoms with Gasteiger partial charge in [-0.15, -0.1) is 0 Å². The van der Waals surface area contributed by atoms with Gasteiger partial charge in [0.1, 0.15) is 18.4 Å². The van der Waals surface area contributed by atoms with Crippen LogP contribution in [0.5, 0.6) is 0 Å². The Morgan fingerprint density at radius 1 is 0.975 bits per heavy atom. The van der Waals surface area contributed by atoms with Crippen LogP contribution in [0.3, 0.4) is 0 Å². The first kappa shape index (κ1) is 35.0. The molecule has 1 aromatic carbocycles. The van der Waals surface area contributed by atoms with Gasteiger partial charge in [0.05, 0.1) is 12.6 Å². The molecule has 0 aliphatic rings. The molecule has 226 valence electrons. The van der Waals surface area contributed by atoms with E-state index in [0.717, 1.165) is 5.56 Å². The van der Waals surface area contributed by atoms with Crippen LogP contribution >= 0.6 is 7.60 Å². The quantitative estimate of drug-likeness (QED) is 0.0983. The Bertz CT molecular complexity index is 989. The Labute approximate surface area is 235 Å². The Morgan fingerprint density at radius 2 is 1.65 bits per heavy atom. The van der Waals surface area contributed by atoms with E-state index >= 15 is 0 Å². The number of hydrogen-bond donors (Lipinski definition) is 7. The maximum atomic E-state index is 13.0. The lowest BCUT2D eigenvalue weighted by Gasteiger charge is -2.28. The minimum absolute atomic E-state index is 0.0554. The Kier molecular flexibility index (Phi) is 16.1. The molecule has 0 spiro atoms. The molecular weight excluding hydrogens is 541 g/mol. The Morgan fingerprint density at radius 3 is 2.23 bits per heavy atom. The number of hydrogen-bond acceptors (Lipinski definition) is 7. The van der Waals surface area contributed by atoms with E-state index in [1.165, 1.54) is 7.05 Å². The molecule has 3 atom stereocenters. The van der Waals surface area contributed by atoms with Gasteiger partial charge in [0.2, 0.25) is 17.7 Å². The number of ether oxygens (including phenoxy) is 1. The molecule has 13 nitrogen and oxygen atoms in total. The molecule has 14 heteroatoms. The number of benzene rings is 1. The van der Waals surface area contributed by atoms with E-state index in [9.17, 15) is 33.5 Å². The van der Waals surface area contributed by atoms with Gasteiger partial charge in [0.15, 0.2) is 0 Å². The van der Waals surface area contributed by atoms with Crippen molar-refractivity contribution in [1.29, 1.82) is 0 Å². The second-order valence-corrected chi connectivity index (χ2v) is 11.6. The lowest BCUT2D eigenvalue weighted by molar-refractivity contribution is -0.130. The average molecular weight is 586 g/mol. The van der Waals surface area contributed by atoms with Crippen LogP contribution in [-0.2, 0) is 30.3 Å². The van der Waals surface area contributed by atoms with Gasteiger partial charge in [-0.25, -0.2) is 4.79 Å². The summed E-state index contributed by atoms with van der Waals surface area (Å²) in [5.41, 5.74) is 0.825. The smallest absolute Gasteiger partial charge is 0.407 e. The molecule has 40 heavy (non-hydrogen) atoms. The lowest BCUT2D eigenvalue weighted by atomic mass is 10.0. The number of likely N-dealkylation sites (N-methyl/N-ethyl adjacent to an activating group) is 1. The van der Waals surface area contributed by atoms with Crippen molar-refractivity contribution in [3.8, 4) is 0 Å². The second-order valence-electron chi connectivity index (χ2n) is 9.80. The van der Waals surface area contributed by atoms with Crippen molar-refractivity contribution in [3.63, 3.8) is 0 Å². The average Bonchev–Trinajstić information content (AvgIpc) is 2.91. The minimum atomic E-state index is -4.47. The predicted molar refractivity (Wildman–Crippen MR) is 150 cm³/mol. The largest absolute Gasteiger partial charge is 0.445 e. The fourth-order valence-electron chi connectivity index (χ4n) is 3.81. The molecule has 4 amide bonds. The van der Waals surface area contributed by atoms with Gasteiger partial charge < -0.3 is 35.8 Å². The van der Waals surface area contributed by atoms with E-state index in [1.807, 2.05) is 44.2 Å². The molecule has 0 heterocycles. The molecule has 0 aliphatic carbocycles. The summed E-state index contributed by atoms with van der Waals surface area (Å²) in [5, 5.41) is 13.0. The van der Waals surface area contributed by atoms with E-state index in [4.69, 9.17) is 4.74 Å². The van der Waals surface area contributed by atoms with Crippen LogP contribution in [0, 0.1) is 5.92 Å². The van der Waals surface area contributed by atoms with E-state index in [-0.39, 0.29) is 31.9 Å². The molecule has 1 aromatic rings. The third kappa shape index (κ3) is 14.4. The van der Waals surface area contributed by atoms with Crippen molar-refractivity contribution in [3.05, 3.63) is 35.9 Å². The Balaban J connectivity index is 2.48. The molecule has 7 N–H and O–H groups in total. The SMILES string of the molecule is CC[C@H](N[C@@H](CC(C)C)C(=O)N[C@@H](CCCCNC(=O)CNC(=O)OCc1ccccc1)C(=O)NC)P(=O)(O)O. The van der Waals surface area contributed by atoms with Crippen LogP contribution in [-0.4, -0.2) is 71.6 Å². The standard InChI is InChI=1S/C26H44N5O8P/c1-5-23(40(36,37)38)30-21(15-18(2)3)25(34)31-20(24(33)27-4)13-9-10-14-28-22(32)16-29-26(35)39-17-19-11-7-6-8-12-19/h6-8,11-12,18,20-21,23,30H,5,9-10,13-17H2,1-4H3,(H,27,33)(H,28,32)(H,29,35)(H,31,34)(H2,36,37,38)/t20-,21-,23+/m0/s1. The zero-order valence-electron chi connectivity index (χ0n) is 23.6. The molecule has 0 radical (unpaired) electrons. The number of amides is 4. The summed E-state index contributed by atoms with van der Waals surface area (Å²) < 4.78 is 16.8. The van der Waals surface area contributed by atoms with Gasteiger partial charge >= 0.3 is 13.7 Å². The highest BCUT2D eigenvalue weighted by molar-refractivity contribution is 7.52. The second kappa shape index (κ2) is 18.4. The molecule has 0 saturated heterocycles. The van der Waals surface area contributed by atoms with E-state index in [1.54, 1.807) is 6.92 Å². The minimum Gasteiger partial charge on any atom is -0.445 e. The first-order chi connectivity index (χ1) is 18.9. The summed E-state index contributed by atoms with van der Waals surface area (Å²) in [6.07, 6.45) is 1.03.